The second kappa shape index (κ2) is 8.45. The number of ether oxygens (including phenoxy) is 1. The highest BCUT2D eigenvalue weighted by Crippen LogP contribution is 2.64. The van der Waals surface area contributed by atoms with Gasteiger partial charge in [0, 0.05) is 24.6 Å². The van der Waals surface area contributed by atoms with Gasteiger partial charge in [0.25, 0.3) is 0 Å². The van der Waals surface area contributed by atoms with Gasteiger partial charge < -0.3 is 15.2 Å². The Morgan fingerprint density at radius 3 is 2.97 bits per heavy atom. The number of nitrogens with zero attached hydrogens (tertiary/aromatic N) is 1. The van der Waals surface area contributed by atoms with Crippen LogP contribution in [0, 0.1) is 30.1 Å². The van der Waals surface area contributed by atoms with Gasteiger partial charge in [-0.1, -0.05) is 13.0 Å². The molecule has 6 heteroatoms. The zero-order chi connectivity index (χ0) is 22.5. The van der Waals surface area contributed by atoms with Gasteiger partial charge in [-0.05, 0) is 97.8 Å². The summed E-state index contributed by atoms with van der Waals surface area (Å²) in [5.74, 6) is 2.70. The molecule has 0 radical (unpaired) electrons. The summed E-state index contributed by atoms with van der Waals surface area (Å²) in [6.45, 7) is 4.44. The lowest BCUT2D eigenvalue weighted by Crippen LogP contribution is -2.45. The summed E-state index contributed by atoms with van der Waals surface area (Å²) < 4.78 is 6.04. The molecule has 1 amide bonds. The summed E-state index contributed by atoms with van der Waals surface area (Å²) in [6, 6.07) is 5.98. The number of nitrogens with one attached hydrogen (secondary N) is 1. The van der Waals surface area contributed by atoms with Gasteiger partial charge in [-0.25, -0.2) is 4.98 Å². The van der Waals surface area contributed by atoms with E-state index < -0.39 is 0 Å². The van der Waals surface area contributed by atoms with E-state index in [4.69, 9.17) is 4.74 Å². The summed E-state index contributed by atoms with van der Waals surface area (Å²) in [7, 11) is 1.86. The van der Waals surface area contributed by atoms with Crippen molar-refractivity contribution in [2.45, 2.75) is 70.8 Å². The van der Waals surface area contributed by atoms with Gasteiger partial charge in [0.15, 0.2) is 5.13 Å². The fourth-order valence-corrected chi connectivity index (χ4v) is 8.05. The van der Waals surface area contributed by atoms with Crippen LogP contribution in [0.1, 0.15) is 67.4 Å². The summed E-state index contributed by atoms with van der Waals surface area (Å²) in [4.78, 5) is 18.0. The molecule has 3 unspecified atom stereocenters. The van der Waals surface area contributed by atoms with E-state index in [-0.39, 0.29) is 17.4 Å². The normalized spacial score (nSPS) is 33.3. The van der Waals surface area contributed by atoms with Gasteiger partial charge in [-0.15, -0.1) is 11.3 Å². The molecular weight excluding hydrogens is 420 g/mol. The Morgan fingerprint density at radius 2 is 2.22 bits per heavy atom. The molecule has 2 fully saturated rings. The number of thiazole rings is 1. The number of aryl methyl sites for hydroxylation is 2. The van der Waals surface area contributed by atoms with E-state index in [0.717, 1.165) is 24.1 Å². The minimum Gasteiger partial charge on any atom is -0.508 e. The average Bonchev–Trinajstić information content (AvgIpc) is 3.31. The van der Waals surface area contributed by atoms with E-state index in [1.807, 2.05) is 26.2 Å². The molecule has 5 rings (SSSR count). The van der Waals surface area contributed by atoms with E-state index in [9.17, 15) is 9.90 Å². The molecule has 0 bridgehead atoms. The first kappa shape index (κ1) is 21.9. The van der Waals surface area contributed by atoms with Gasteiger partial charge in [-0.2, -0.15) is 0 Å². The maximum Gasteiger partial charge on any atom is 0.226 e. The Labute approximate surface area is 194 Å². The number of methoxy groups -OCH3 is 1. The van der Waals surface area contributed by atoms with Crippen LogP contribution in [-0.2, 0) is 16.0 Å². The molecule has 1 aromatic carbocycles. The van der Waals surface area contributed by atoms with Crippen LogP contribution in [0.2, 0.25) is 0 Å². The molecule has 2 saturated carbocycles. The number of aromatic nitrogens is 1. The number of benzene rings is 1. The lowest BCUT2D eigenvalue weighted by molar-refractivity contribution is -0.116. The van der Waals surface area contributed by atoms with Crippen molar-refractivity contribution in [3.63, 3.8) is 0 Å². The maximum atomic E-state index is 12.6. The van der Waals surface area contributed by atoms with Crippen molar-refractivity contribution < 1.29 is 14.6 Å². The maximum absolute atomic E-state index is 12.6. The molecule has 2 aromatic rings. The summed E-state index contributed by atoms with van der Waals surface area (Å²) in [5, 5.41) is 13.6. The molecule has 0 saturated heterocycles. The van der Waals surface area contributed by atoms with Crippen LogP contribution in [-0.4, -0.2) is 29.2 Å². The molecule has 2 N–H and O–H groups in total. The monoisotopic (exact) mass is 454 g/mol. The SMILES string of the molecule is CO[C@H]1C[C@@H](CCC(=O)Nc2ncc(C)s2)C2C3CCc4cc(O)ccc4C3CC[C@@]21C. The molecule has 32 heavy (non-hydrogen) atoms. The van der Waals surface area contributed by atoms with E-state index in [1.165, 1.54) is 41.7 Å². The van der Waals surface area contributed by atoms with Crippen LogP contribution in [0.5, 0.6) is 5.75 Å². The highest BCUT2D eigenvalue weighted by Gasteiger charge is 2.58. The first-order valence-electron chi connectivity index (χ1n) is 12.0. The first-order valence-corrected chi connectivity index (χ1v) is 12.8. The average molecular weight is 455 g/mol. The smallest absolute Gasteiger partial charge is 0.226 e. The molecule has 0 aliphatic heterocycles. The van der Waals surface area contributed by atoms with Gasteiger partial charge in [0.2, 0.25) is 5.91 Å². The highest BCUT2D eigenvalue weighted by atomic mass is 32.1. The minimum atomic E-state index is 0.0683. The van der Waals surface area contributed by atoms with Crippen molar-refractivity contribution in [3.8, 4) is 5.75 Å². The Kier molecular flexibility index (Phi) is 5.79. The van der Waals surface area contributed by atoms with E-state index in [0.29, 0.717) is 41.0 Å². The second-order valence-electron chi connectivity index (χ2n) is 10.3. The fourth-order valence-electron chi connectivity index (χ4n) is 7.37. The third kappa shape index (κ3) is 3.75. The van der Waals surface area contributed by atoms with Gasteiger partial charge in [-0.3, -0.25) is 4.79 Å². The van der Waals surface area contributed by atoms with E-state index >= 15 is 0 Å². The molecular formula is C26H34N2O3S. The Balaban J connectivity index is 1.34. The summed E-state index contributed by atoms with van der Waals surface area (Å²) in [5.41, 5.74) is 2.95. The number of rotatable bonds is 5. The van der Waals surface area contributed by atoms with Crippen LogP contribution in [0.25, 0.3) is 0 Å². The third-order valence-corrected chi connectivity index (χ3v) is 9.49. The van der Waals surface area contributed by atoms with Crippen LogP contribution in [0.4, 0.5) is 5.13 Å². The molecule has 1 heterocycles. The number of hydrogen-bond acceptors (Lipinski definition) is 5. The summed E-state index contributed by atoms with van der Waals surface area (Å²) in [6.07, 6.45) is 9.11. The van der Waals surface area contributed by atoms with Crippen LogP contribution in [0.15, 0.2) is 24.4 Å². The number of hydrogen-bond donors (Lipinski definition) is 2. The predicted molar refractivity (Wildman–Crippen MR) is 127 cm³/mol. The van der Waals surface area contributed by atoms with Crippen LogP contribution in [0.3, 0.4) is 0 Å². The van der Waals surface area contributed by atoms with E-state index in [2.05, 4.69) is 23.3 Å². The number of aromatic hydroxyl groups is 1. The highest BCUT2D eigenvalue weighted by molar-refractivity contribution is 7.15. The number of amides is 1. The zero-order valence-electron chi connectivity index (χ0n) is 19.3. The number of fused-ring (bicyclic) bond motifs is 5. The Bertz CT molecular complexity index is 1000. The van der Waals surface area contributed by atoms with Crippen LogP contribution >= 0.6 is 11.3 Å². The zero-order valence-corrected chi connectivity index (χ0v) is 20.1. The van der Waals surface area contributed by atoms with Crippen molar-refractivity contribution in [1.29, 1.82) is 0 Å². The topological polar surface area (TPSA) is 71.5 Å². The largest absolute Gasteiger partial charge is 0.508 e. The molecule has 3 aliphatic rings. The standard InChI is InChI=1S/C26H34N2O3S/c1-15-14-27-25(32-15)28-23(30)9-5-17-13-22(31-3)26(2)11-10-20-19-8-6-18(29)12-16(19)4-7-21(20)24(17)26/h6,8,12,14,17,20-22,24,29H,4-5,7,9-11,13H2,1-3H3,(H,27,28,30)/t17-,20?,21?,22+,24?,26-/m1/s1. The van der Waals surface area contributed by atoms with Gasteiger partial charge >= 0.3 is 0 Å². The quantitative estimate of drug-likeness (QED) is 0.610. The Hall–Kier alpha value is -1.92. The van der Waals surface area contributed by atoms with Crippen molar-refractivity contribution in [2.75, 3.05) is 12.4 Å². The number of phenolic OH excluding ortho intramolecular Hbond substituents is 1. The second-order valence-corrected chi connectivity index (χ2v) is 11.6. The lowest BCUT2D eigenvalue weighted by Gasteiger charge is -2.52. The number of phenols is 1. The first-order chi connectivity index (χ1) is 15.4. The molecule has 6 atom stereocenters. The molecule has 3 aliphatic carbocycles. The van der Waals surface area contributed by atoms with Crippen molar-refractivity contribution >= 4 is 22.4 Å². The molecule has 5 nitrogen and oxygen atoms in total. The van der Waals surface area contributed by atoms with E-state index in [1.54, 1.807) is 6.20 Å². The van der Waals surface area contributed by atoms with Crippen molar-refractivity contribution in [3.05, 3.63) is 40.4 Å². The van der Waals surface area contributed by atoms with Crippen molar-refractivity contribution in [2.24, 2.45) is 23.2 Å². The number of anilines is 1. The van der Waals surface area contributed by atoms with Gasteiger partial charge in [0.05, 0.1) is 6.10 Å². The number of carbonyl (C=O) groups excluding carboxylic acids is 1. The predicted octanol–water partition coefficient (Wildman–Crippen LogP) is 5.67. The molecule has 1 aromatic heterocycles. The van der Waals surface area contributed by atoms with Gasteiger partial charge in [0.1, 0.15) is 5.75 Å². The lowest BCUT2D eigenvalue weighted by atomic mass is 9.53. The summed E-state index contributed by atoms with van der Waals surface area (Å²) >= 11 is 1.52. The number of carbonyl (C=O) groups is 1. The van der Waals surface area contributed by atoms with Crippen molar-refractivity contribution in [1.82, 2.24) is 4.98 Å². The van der Waals surface area contributed by atoms with Crippen LogP contribution < -0.4 is 5.32 Å². The fraction of sp³-hybridized carbons (Fsp3) is 0.615. The Morgan fingerprint density at radius 1 is 1.38 bits per heavy atom. The third-order valence-electron chi connectivity index (χ3n) is 8.66. The molecule has 0 spiro atoms. The molecule has 172 valence electrons. The minimum absolute atomic E-state index is 0.0683.